The van der Waals surface area contributed by atoms with Gasteiger partial charge in [0.05, 0.1) is 23.7 Å². The molecule has 1 amide bonds. The summed E-state index contributed by atoms with van der Waals surface area (Å²) in [4.78, 5) is 11.8. The van der Waals surface area contributed by atoms with Gasteiger partial charge in [-0.25, -0.2) is 8.42 Å². The highest BCUT2D eigenvalue weighted by Crippen LogP contribution is 2.22. The fourth-order valence-electron chi connectivity index (χ4n) is 2.18. The van der Waals surface area contributed by atoms with Crippen LogP contribution in [0.2, 0.25) is 0 Å². The molecular formula is C11H17N3O3S. The van der Waals surface area contributed by atoms with Crippen molar-refractivity contribution in [3.8, 4) is 0 Å². The number of carbonyl (C=O) groups excluding carboxylic acids is 1. The molecule has 2 unspecified atom stereocenters. The lowest BCUT2D eigenvalue weighted by molar-refractivity contribution is -0.122. The number of aromatic amines is 1. The third-order valence-electron chi connectivity index (χ3n) is 3.20. The number of carbonyl (C=O) groups is 1. The Labute approximate surface area is 106 Å². The molecule has 2 atom stereocenters. The second kappa shape index (κ2) is 5.09. The van der Waals surface area contributed by atoms with Crippen LogP contribution in [0.1, 0.15) is 31.4 Å². The molecule has 0 radical (unpaired) electrons. The van der Waals surface area contributed by atoms with Gasteiger partial charge in [0, 0.05) is 18.2 Å². The molecule has 6 nitrogen and oxygen atoms in total. The van der Waals surface area contributed by atoms with Gasteiger partial charge in [-0.2, -0.15) is 5.10 Å². The highest BCUT2D eigenvalue weighted by molar-refractivity contribution is 7.91. The zero-order valence-corrected chi connectivity index (χ0v) is 11.0. The molecule has 2 heterocycles. The molecule has 1 saturated heterocycles. The van der Waals surface area contributed by atoms with Crippen LogP contribution in [0, 0.1) is 5.92 Å². The number of nitrogens with one attached hydrogen (secondary N) is 2. The Balaban J connectivity index is 1.83. The first-order chi connectivity index (χ1) is 8.46. The molecule has 2 rings (SSSR count). The highest BCUT2D eigenvalue weighted by atomic mass is 32.2. The average Bonchev–Trinajstić information content (AvgIpc) is 2.87. The van der Waals surface area contributed by atoms with Gasteiger partial charge in [0.2, 0.25) is 5.91 Å². The molecule has 0 bridgehead atoms. The lowest BCUT2D eigenvalue weighted by Gasteiger charge is -2.13. The van der Waals surface area contributed by atoms with Crippen LogP contribution in [0.4, 0.5) is 0 Å². The topological polar surface area (TPSA) is 91.9 Å². The number of hydrogen-bond acceptors (Lipinski definition) is 4. The van der Waals surface area contributed by atoms with E-state index >= 15 is 0 Å². The van der Waals surface area contributed by atoms with Crippen LogP contribution in [-0.4, -0.2) is 36.0 Å². The normalized spacial score (nSPS) is 23.7. The molecular weight excluding hydrogens is 254 g/mol. The van der Waals surface area contributed by atoms with Crippen molar-refractivity contribution in [2.75, 3.05) is 11.5 Å². The minimum atomic E-state index is -2.91. The number of amides is 1. The van der Waals surface area contributed by atoms with E-state index < -0.39 is 9.84 Å². The summed E-state index contributed by atoms with van der Waals surface area (Å²) in [7, 11) is -2.91. The summed E-state index contributed by atoms with van der Waals surface area (Å²) in [5, 5.41) is 9.35. The van der Waals surface area contributed by atoms with E-state index in [-0.39, 0.29) is 35.8 Å². The monoisotopic (exact) mass is 271 g/mol. The first-order valence-corrected chi connectivity index (χ1v) is 7.77. The second-order valence-electron chi connectivity index (χ2n) is 4.79. The Morgan fingerprint density at radius 3 is 3.00 bits per heavy atom. The van der Waals surface area contributed by atoms with E-state index in [1.165, 1.54) is 0 Å². The molecule has 0 spiro atoms. The van der Waals surface area contributed by atoms with Crippen molar-refractivity contribution < 1.29 is 13.2 Å². The van der Waals surface area contributed by atoms with Crippen molar-refractivity contribution in [3.05, 3.63) is 18.0 Å². The predicted octanol–water partition coefficient (Wildman–Crippen LogP) is 0.412. The number of H-pyrrole nitrogens is 1. The molecule has 0 saturated carbocycles. The summed E-state index contributed by atoms with van der Waals surface area (Å²) < 4.78 is 22.6. The number of nitrogens with zero attached hydrogens (tertiary/aromatic N) is 1. The van der Waals surface area contributed by atoms with E-state index in [0.717, 1.165) is 5.56 Å². The zero-order chi connectivity index (χ0) is 13.2. The third kappa shape index (κ3) is 3.32. The Morgan fingerprint density at radius 2 is 2.44 bits per heavy atom. The van der Waals surface area contributed by atoms with Gasteiger partial charge in [-0.15, -0.1) is 0 Å². The van der Waals surface area contributed by atoms with Crippen LogP contribution < -0.4 is 5.32 Å². The Morgan fingerprint density at radius 1 is 1.67 bits per heavy atom. The Kier molecular flexibility index (Phi) is 3.70. The quantitative estimate of drug-likeness (QED) is 0.829. The minimum absolute atomic E-state index is 0.0356. The first kappa shape index (κ1) is 13.1. The van der Waals surface area contributed by atoms with Crippen molar-refractivity contribution >= 4 is 15.7 Å². The molecule has 2 N–H and O–H groups in total. The molecule has 7 heteroatoms. The molecule has 1 aliphatic heterocycles. The second-order valence-corrected chi connectivity index (χ2v) is 7.02. The molecule has 0 aliphatic carbocycles. The summed E-state index contributed by atoms with van der Waals surface area (Å²) in [6, 6.07) is -0.116. The predicted molar refractivity (Wildman–Crippen MR) is 66.5 cm³/mol. The maximum Gasteiger partial charge on any atom is 0.220 e. The molecule has 1 aromatic rings. The van der Waals surface area contributed by atoms with E-state index in [1.54, 1.807) is 12.4 Å². The van der Waals surface area contributed by atoms with Gasteiger partial charge in [-0.05, 0) is 19.3 Å². The lowest BCUT2D eigenvalue weighted by atomic mass is 10.0. The van der Waals surface area contributed by atoms with Gasteiger partial charge in [0.15, 0.2) is 9.84 Å². The molecule has 0 aromatic carbocycles. The number of rotatable bonds is 4. The molecule has 18 heavy (non-hydrogen) atoms. The summed E-state index contributed by atoms with van der Waals surface area (Å²) in [5.41, 5.74) is 0.905. The summed E-state index contributed by atoms with van der Waals surface area (Å²) in [6.07, 6.45) is 4.26. The number of aromatic nitrogens is 2. The summed E-state index contributed by atoms with van der Waals surface area (Å²) in [5.74, 6) is 0.209. The van der Waals surface area contributed by atoms with Gasteiger partial charge in [0.1, 0.15) is 0 Å². The minimum Gasteiger partial charge on any atom is -0.349 e. The molecule has 1 aliphatic rings. The van der Waals surface area contributed by atoms with Crippen molar-refractivity contribution in [3.63, 3.8) is 0 Å². The van der Waals surface area contributed by atoms with Gasteiger partial charge >= 0.3 is 0 Å². The maximum absolute atomic E-state index is 11.8. The van der Waals surface area contributed by atoms with E-state index in [0.29, 0.717) is 6.42 Å². The van der Waals surface area contributed by atoms with E-state index in [4.69, 9.17) is 0 Å². The van der Waals surface area contributed by atoms with Gasteiger partial charge in [-0.1, -0.05) is 0 Å². The van der Waals surface area contributed by atoms with Gasteiger partial charge in [0.25, 0.3) is 0 Å². The third-order valence-corrected chi connectivity index (χ3v) is 5.03. The Bertz CT molecular complexity index is 510. The highest BCUT2D eigenvalue weighted by Gasteiger charge is 2.29. The van der Waals surface area contributed by atoms with Crippen LogP contribution in [0.5, 0.6) is 0 Å². The fraction of sp³-hybridized carbons (Fsp3) is 0.636. The summed E-state index contributed by atoms with van der Waals surface area (Å²) in [6.45, 7) is 1.87. The van der Waals surface area contributed by atoms with Crippen molar-refractivity contribution in [1.29, 1.82) is 0 Å². The molecule has 1 fully saturated rings. The molecule has 100 valence electrons. The largest absolute Gasteiger partial charge is 0.349 e. The SMILES string of the molecule is CC(NC(=O)CC1CCS(=O)(=O)C1)c1cn[nH]c1. The zero-order valence-electron chi connectivity index (χ0n) is 10.2. The van der Waals surface area contributed by atoms with Crippen LogP contribution in [0.15, 0.2) is 12.4 Å². The van der Waals surface area contributed by atoms with Crippen molar-refractivity contribution in [1.82, 2.24) is 15.5 Å². The van der Waals surface area contributed by atoms with Crippen LogP contribution in [0.3, 0.4) is 0 Å². The van der Waals surface area contributed by atoms with Crippen molar-refractivity contribution in [2.24, 2.45) is 5.92 Å². The molecule has 1 aromatic heterocycles. The summed E-state index contributed by atoms with van der Waals surface area (Å²) >= 11 is 0. The van der Waals surface area contributed by atoms with E-state index in [9.17, 15) is 13.2 Å². The van der Waals surface area contributed by atoms with E-state index in [2.05, 4.69) is 15.5 Å². The standard InChI is InChI=1S/C11H17N3O3S/c1-8(10-5-12-13-6-10)14-11(15)4-9-2-3-18(16,17)7-9/h5-6,8-9H,2-4,7H2,1H3,(H,12,13)(H,14,15). The number of sulfone groups is 1. The van der Waals surface area contributed by atoms with E-state index in [1.807, 2.05) is 6.92 Å². The van der Waals surface area contributed by atoms with Crippen LogP contribution in [-0.2, 0) is 14.6 Å². The van der Waals surface area contributed by atoms with Gasteiger partial charge < -0.3 is 5.32 Å². The Hall–Kier alpha value is -1.37. The van der Waals surface area contributed by atoms with Gasteiger partial charge in [-0.3, -0.25) is 9.89 Å². The maximum atomic E-state index is 11.8. The van der Waals surface area contributed by atoms with Crippen LogP contribution >= 0.6 is 0 Å². The average molecular weight is 271 g/mol. The smallest absolute Gasteiger partial charge is 0.220 e. The van der Waals surface area contributed by atoms with Crippen LogP contribution in [0.25, 0.3) is 0 Å². The number of hydrogen-bond donors (Lipinski definition) is 2. The first-order valence-electron chi connectivity index (χ1n) is 5.95. The lowest BCUT2D eigenvalue weighted by Crippen LogP contribution is -2.28. The fourth-order valence-corrected chi connectivity index (χ4v) is 4.04. The van der Waals surface area contributed by atoms with Crippen molar-refractivity contribution in [2.45, 2.75) is 25.8 Å².